The van der Waals surface area contributed by atoms with E-state index in [9.17, 15) is 13.2 Å². The molecule has 1 nitrogen and oxygen atoms in total. The summed E-state index contributed by atoms with van der Waals surface area (Å²) in [6, 6.07) is 6.01. The largest absolute Gasteiger partial charge is 0.573 e. The Balaban J connectivity index is 2.87. The quantitative estimate of drug-likeness (QED) is 0.761. The molecule has 0 radical (unpaired) electrons. The van der Waals surface area contributed by atoms with Gasteiger partial charge in [-0.05, 0) is 21.1 Å². The minimum atomic E-state index is -4.62. The van der Waals surface area contributed by atoms with Crippen molar-refractivity contribution in [1.29, 1.82) is 0 Å². The van der Waals surface area contributed by atoms with E-state index in [2.05, 4.69) is 4.74 Å². The van der Waals surface area contributed by atoms with Crippen LogP contribution in [-0.4, -0.2) is 6.36 Å². The molecule has 0 saturated heterocycles. The Morgan fingerprint density at radius 1 is 1.23 bits per heavy atom. The zero-order valence-corrected chi connectivity index (χ0v) is 9.11. The molecular weight excluding hydrogens is 316 g/mol. The van der Waals surface area contributed by atoms with Crippen molar-refractivity contribution in [2.24, 2.45) is 0 Å². The van der Waals surface area contributed by atoms with Crippen LogP contribution in [0, 0.1) is 0 Å². The number of hydrogen-bond acceptors (Lipinski definition) is 2. The van der Waals surface area contributed by atoms with Gasteiger partial charge in [0.05, 0.1) is 4.90 Å². The van der Waals surface area contributed by atoms with Crippen LogP contribution in [0.3, 0.4) is 0 Å². The minimum absolute atomic E-state index is 0.158. The lowest BCUT2D eigenvalue weighted by Gasteiger charge is -2.10. The summed E-state index contributed by atoms with van der Waals surface area (Å²) in [5.74, 6) is -0.158. The van der Waals surface area contributed by atoms with Crippen LogP contribution < -0.4 is 4.74 Å². The Morgan fingerprint density at radius 3 is 2.38 bits per heavy atom. The van der Waals surface area contributed by atoms with E-state index in [1.54, 1.807) is 12.1 Å². The zero-order chi connectivity index (χ0) is 9.90. The standard InChI is InChI=1S/C7H4F3IOS/c8-7(9,10)12-5-3-1-2-4-6(5)13-11/h1-4H. The molecule has 0 unspecified atom stereocenters. The van der Waals surface area contributed by atoms with E-state index < -0.39 is 6.36 Å². The van der Waals surface area contributed by atoms with Crippen molar-refractivity contribution >= 4 is 30.1 Å². The van der Waals surface area contributed by atoms with Crippen molar-refractivity contribution in [3.63, 3.8) is 0 Å². The molecule has 0 aliphatic rings. The molecule has 0 aliphatic heterocycles. The van der Waals surface area contributed by atoms with Gasteiger partial charge in [-0.3, -0.25) is 0 Å². The van der Waals surface area contributed by atoms with E-state index in [-0.39, 0.29) is 5.75 Å². The maximum atomic E-state index is 11.8. The normalized spacial score (nSPS) is 11.4. The molecule has 1 aromatic rings. The average molecular weight is 320 g/mol. The molecule has 13 heavy (non-hydrogen) atoms. The minimum Gasteiger partial charge on any atom is -0.405 e. The molecule has 0 heterocycles. The summed E-state index contributed by atoms with van der Waals surface area (Å²) in [5, 5.41) is 0. The van der Waals surface area contributed by atoms with E-state index in [4.69, 9.17) is 0 Å². The maximum Gasteiger partial charge on any atom is 0.573 e. The third-order valence-electron chi connectivity index (χ3n) is 1.16. The van der Waals surface area contributed by atoms with E-state index >= 15 is 0 Å². The number of ether oxygens (including phenoxy) is 1. The van der Waals surface area contributed by atoms with Gasteiger partial charge in [0.2, 0.25) is 0 Å². The van der Waals surface area contributed by atoms with Gasteiger partial charge in [-0.15, -0.1) is 13.2 Å². The molecule has 0 N–H and O–H groups in total. The van der Waals surface area contributed by atoms with E-state index in [0.29, 0.717) is 4.90 Å². The Morgan fingerprint density at radius 2 is 1.85 bits per heavy atom. The smallest absolute Gasteiger partial charge is 0.405 e. The second-order valence-corrected chi connectivity index (χ2v) is 3.99. The summed E-state index contributed by atoms with van der Waals surface area (Å²) >= 11 is 1.90. The van der Waals surface area contributed by atoms with Crippen LogP contribution in [0.15, 0.2) is 29.2 Å². The fourth-order valence-electron chi connectivity index (χ4n) is 0.723. The van der Waals surface area contributed by atoms with Crippen molar-refractivity contribution < 1.29 is 17.9 Å². The highest BCUT2D eigenvalue weighted by Crippen LogP contribution is 2.36. The van der Waals surface area contributed by atoms with Crippen LogP contribution in [0.2, 0.25) is 0 Å². The van der Waals surface area contributed by atoms with Gasteiger partial charge >= 0.3 is 6.36 Å². The molecule has 1 rings (SSSR count). The molecule has 0 aromatic heterocycles. The Labute approximate surface area is 89.2 Å². The average Bonchev–Trinajstić information content (AvgIpc) is 2.02. The van der Waals surface area contributed by atoms with Crippen LogP contribution >= 0.6 is 30.1 Å². The molecular formula is C7H4F3IOS. The van der Waals surface area contributed by atoms with Crippen molar-refractivity contribution in [2.75, 3.05) is 0 Å². The molecule has 0 bridgehead atoms. The lowest BCUT2D eigenvalue weighted by molar-refractivity contribution is -0.275. The van der Waals surface area contributed by atoms with Crippen LogP contribution in [-0.2, 0) is 0 Å². The first kappa shape index (κ1) is 11.0. The summed E-state index contributed by atoms with van der Waals surface area (Å²) < 4.78 is 39.3. The van der Waals surface area contributed by atoms with Gasteiger partial charge in [0, 0.05) is 21.2 Å². The molecule has 0 aliphatic carbocycles. The summed E-state index contributed by atoms with van der Waals surface area (Å²) in [5.41, 5.74) is 0. The van der Waals surface area contributed by atoms with Gasteiger partial charge in [-0.2, -0.15) is 0 Å². The number of benzene rings is 1. The second kappa shape index (κ2) is 4.41. The lowest BCUT2D eigenvalue weighted by Crippen LogP contribution is -2.17. The van der Waals surface area contributed by atoms with Crippen LogP contribution in [0.25, 0.3) is 0 Å². The molecule has 72 valence electrons. The molecule has 0 saturated carbocycles. The van der Waals surface area contributed by atoms with E-state index in [1.807, 2.05) is 21.2 Å². The van der Waals surface area contributed by atoms with Gasteiger partial charge in [0.25, 0.3) is 0 Å². The van der Waals surface area contributed by atoms with Crippen molar-refractivity contribution in [3.05, 3.63) is 24.3 Å². The number of halogens is 4. The highest BCUT2D eigenvalue weighted by atomic mass is 127. The molecule has 0 amide bonds. The predicted octanol–water partition coefficient (Wildman–Crippen LogP) is 4.03. The van der Waals surface area contributed by atoms with E-state index in [1.165, 1.54) is 21.1 Å². The van der Waals surface area contributed by atoms with E-state index in [0.717, 1.165) is 0 Å². The number of alkyl halides is 3. The monoisotopic (exact) mass is 320 g/mol. The highest BCUT2D eigenvalue weighted by molar-refractivity contribution is 14.2. The topological polar surface area (TPSA) is 9.23 Å². The van der Waals surface area contributed by atoms with Crippen molar-refractivity contribution in [2.45, 2.75) is 11.3 Å². The second-order valence-electron chi connectivity index (χ2n) is 2.07. The molecule has 0 fully saturated rings. The van der Waals surface area contributed by atoms with Crippen LogP contribution in [0.5, 0.6) is 5.75 Å². The highest BCUT2D eigenvalue weighted by Gasteiger charge is 2.31. The third kappa shape index (κ3) is 3.63. The fraction of sp³-hybridized carbons (Fsp3) is 0.143. The Kier molecular flexibility index (Phi) is 3.72. The summed E-state index contributed by atoms with van der Waals surface area (Å²) in [6.07, 6.45) is -4.62. The molecule has 6 heteroatoms. The first-order chi connectivity index (χ1) is 6.03. The number of rotatable bonds is 2. The van der Waals surface area contributed by atoms with Crippen LogP contribution in [0.1, 0.15) is 0 Å². The first-order valence-corrected chi connectivity index (χ1v) is 6.52. The van der Waals surface area contributed by atoms with Crippen LogP contribution in [0.4, 0.5) is 13.2 Å². The molecule has 0 atom stereocenters. The zero-order valence-electron chi connectivity index (χ0n) is 6.14. The first-order valence-electron chi connectivity index (χ1n) is 3.16. The lowest BCUT2D eigenvalue weighted by atomic mass is 10.3. The number of para-hydroxylation sites is 1. The summed E-state index contributed by atoms with van der Waals surface area (Å²) in [7, 11) is 1.18. The maximum absolute atomic E-state index is 11.8. The molecule has 0 spiro atoms. The van der Waals surface area contributed by atoms with Gasteiger partial charge in [-0.25, -0.2) is 0 Å². The van der Waals surface area contributed by atoms with Crippen molar-refractivity contribution in [3.8, 4) is 5.75 Å². The Hall–Kier alpha value is -0.110. The fourth-order valence-corrected chi connectivity index (χ4v) is 2.13. The summed E-state index contributed by atoms with van der Waals surface area (Å²) in [4.78, 5) is 0.459. The van der Waals surface area contributed by atoms with Gasteiger partial charge in [0.1, 0.15) is 5.75 Å². The van der Waals surface area contributed by atoms with Gasteiger partial charge in [0.15, 0.2) is 0 Å². The third-order valence-corrected chi connectivity index (χ3v) is 3.08. The summed E-state index contributed by atoms with van der Waals surface area (Å²) in [6.45, 7) is 0. The van der Waals surface area contributed by atoms with Crippen molar-refractivity contribution in [1.82, 2.24) is 0 Å². The predicted molar refractivity (Wildman–Crippen MR) is 53.0 cm³/mol. The number of hydrogen-bond donors (Lipinski definition) is 0. The molecule has 1 aromatic carbocycles. The van der Waals surface area contributed by atoms with Gasteiger partial charge < -0.3 is 4.74 Å². The van der Waals surface area contributed by atoms with Gasteiger partial charge in [-0.1, -0.05) is 12.1 Å². The Bertz CT molecular complexity index is 289. The SMILES string of the molecule is FC(F)(F)Oc1ccccc1SI.